The quantitative estimate of drug-likeness (QED) is 0.772. The van der Waals surface area contributed by atoms with Gasteiger partial charge in [0.1, 0.15) is 0 Å². The van der Waals surface area contributed by atoms with Crippen LogP contribution < -0.4 is 0 Å². The number of hydrogen-bond donors (Lipinski definition) is 1. The molecule has 1 aromatic rings. The molecule has 2 heteroatoms. The topological polar surface area (TPSA) is 33.1 Å². The Balaban J connectivity index is 2.24. The van der Waals surface area contributed by atoms with E-state index in [1.165, 1.54) is 24.1 Å². The van der Waals surface area contributed by atoms with E-state index in [1.54, 1.807) is 0 Å². The first kappa shape index (κ1) is 9.66. The molecule has 0 bridgehead atoms. The fraction of sp³-hybridized carbons (Fsp3) is 0.583. The molecule has 0 spiro atoms. The third kappa shape index (κ3) is 1.95. The lowest BCUT2D eigenvalue weighted by atomic mass is 9.88. The second kappa shape index (κ2) is 4.09. The van der Waals surface area contributed by atoms with Gasteiger partial charge in [0.25, 0.3) is 0 Å². The number of rotatable bonds is 2. The van der Waals surface area contributed by atoms with Gasteiger partial charge in [-0.25, -0.2) is 0 Å². The molecule has 2 nitrogen and oxygen atoms in total. The molecule has 1 atom stereocenters. The number of pyridine rings is 1. The molecule has 0 amide bonds. The van der Waals surface area contributed by atoms with E-state index in [9.17, 15) is 0 Å². The Hall–Kier alpha value is -0.890. The summed E-state index contributed by atoms with van der Waals surface area (Å²) in [5.74, 6) is 0.763. The van der Waals surface area contributed by atoms with Crippen LogP contribution in [0.25, 0.3) is 0 Å². The number of hydrogen-bond acceptors (Lipinski definition) is 2. The van der Waals surface area contributed by atoms with Crippen molar-refractivity contribution in [2.24, 2.45) is 5.92 Å². The standard InChI is InChI=1S/C12H17NO/c1-9-2-3-10-4-5-11(6-7-14)13-12(10)8-9/h4-5,9,14H,2-3,6-8H2,1H3. The summed E-state index contributed by atoms with van der Waals surface area (Å²) < 4.78 is 0. The minimum atomic E-state index is 0.196. The molecular formula is C12H17NO. The van der Waals surface area contributed by atoms with Crippen LogP contribution in [0.4, 0.5) is 0 Å². The second-order valence-corrected chi connectivity index (χ2v) is 4.23. The zero-order chi connectivity index (χ0) is 9.97. The summed E-state index contributed by atoms with van der Waals surface area (Å²) in [6.07, 6.45) is 4.24. The molecule has 1 heterocycles. The highest BCUT2D eigenvalue weighted by Gasteiger charge is 2.16. The van der Waals surface area contributed by atoms with Crippen molar-refractivity contribution in [3.05, 3.63) is 29.1 Å². The van der Waals surface area contributed by atoms with E-state index in [-0.39, 0.29) is 6.61 Å². The third-order valence-electron chi connectivity index (χ3n) is 2.94. The Bertz CT molecular complexity index is 322. The maximum atomic E-state index is 8.84. The predicted octanol–water partition coefficient (Wildman–Crippen LogP) is 1.74. The summed E-state index contributed by atoms with van der Waals surface area (Å²) >= 11 is 0. The molecule has 0 radical (unpaired) electrons. The van der Waals surface area contributed by atoms with Gasteiger partial charge in [-0.2, -0.15) is 0 Å². The first-order valence-corrected chi connectivity index (χ1v) is 5.38. The van der Waals surface area contributed by atoms with Crippen molar-refractivity contribution in [2.45, 2.75) is 32.6 Å². The van der Waals surface area contributed by atoms with Crippen LogP contribution in [0.3, 0.4) is 0 Å². The van der Waals surface area contributed by atoms with Gasteiger partial charge in [0.15, 0.2) is 0 Å². The molecule has 76 valence electrons. The molecule has 0 saturated carbocycles. The highest BCUT2D eigenvalue weighted by Crippen LogP contribution is 2.23. The highest BCUT2D eigenvalue weighted by molar-refractivity contribution is 5.25. The maximum Gasteiger partial charge on any atom is 0.0486 e. The molecule has 1 aromatic heterocycles. The molecule has 14 heavy (non-hydrogen) atoms. The Labute approximate surface area is 85.0 Å². The summed E-state index contributed by atoms with van der Waals surface area (Å²) in [6, 6.07) is 4.23. The van der Waals surface area contributed by atoms with Gasteiger partial charge in [0.05, 0.1) is 0 Å². The van der Waals surface area contributed by atoms with Gasteiger partial charge >= 0.3 is 0 Å². The highest BCUT2D eigenvalue weighted by atomic mass is 16.3. The van der Waals surface area contributed by atoms with E-state index in [1.807, 2.05) is 6.07 Å². The van der Waals surface area contributed by atoms with E-state index < -0.39 is 0 Å². The van der Waals surface area contributed by atoms with E-state index in [0.717, 1.165) is 18.0 Å². The van der Waals surface area contributed by atoms with Crippen LogP contribution in [0.15, 0.2) is 12.1 Å². The second-order valence-electron chi connectivity index (χ2n) is 4.23. The van der Waals surface area contributed by atoms with Crippen molar-refractivity contribution in [3.63, 3.8) is 0 Å². The predicted molar refractivity (Wildman–Crippen MR) is 56.2 cm³/mol. The van der Waals surface area contributed by atoms with E-state index in [2.05, 4.69) is 18.0 Å². The van der Waals surface area contributed by atoms with Crippen molar-refractivity contribution < 1.29 is 5.11 Å². The SMILES string of the molecule is CC1CCc2ccc(CCO)nc2C1. The Morgan fingerprint density at radius 2 is 2.36 bits per heavy atom. The summed E-state index contributed by atoms with van der Waals surface area (Å²) in [5, 5.41) is 8.84. The molecule has 0 aliphatic heterocycles. The van der Waals surface area contributed by atoms with Crippen molar-refractivity contribution >= 4 is 0 Å². The molecule has 1 aliphatic rings. The number of aromatic nitrogens is 1. The van der Waals surface area contributed by atoms with Crippen LogP contribution >= 0.6 is 0 Å². The van der Waals surface area contributed by atoms with Crippen molar-refractivity contribution in [2.75, 3.05) is 6.61 Å². The molecule has 0 saturated heterocycles. The van der Waals surface area contributed by atoms with Crippen molar-refractivity contribution in [3.8, 4) is 0 Å². The lowest BCUT2D eigenvalue weighted by Crippen LogP contribution is -2.14. The number of aliphatic hydroxyl groups excluding tert-OH is 1. The largest absolute Gasteiger partial charge is 0.396 e. The summed E-state index contributed by atoms with van der Waals surface area (Å²) in [6.45, 7) is 2.48. The molecule has 1 aliphatic carbocycles. The van der Waals surface area contributed by atoms with Crippen LogP contribution in [0.1, 0.15) is 30.3 Å². The molecule has 2 rings (SSSR count). The average molecular weight is 191 g/mol. The molecule has 1 unspecified atom stereocenters. The van der Waals surface area contributed by atoms with Crippen LogP contribution in [0.5, 0.6) is 0 Å². The van der Waals surface area contributed by atoms with E-state index >= 15 is 0 Å². The van der Waals surface area contributed by atoms with E-state index in [4.69, 9.17) is 5.11 Å². The first-order chi connectivity index (χ1) is 6.79. The van der Waals surface area contributed by atoms with Crippen molar-refractivity contribution in [1.82, 2.24) is 4.98 Å². The van der Waals surface area contributed by atoms with Gasteiger partial charge in [-0.15, -0.1) is 0 Å². The number of aryl methyl sites for hydroxylation is 1. The fourth-order valence-corrected chi connectivity index (χ4v) is 2.07. The Morgan fingerprint density at radius 3 is 3.14 bits per heavy atom. The number of nitrogens with zero attached hydrogens (tertiary/aromatic N) is 1. The Morgan fingerprint density at radius 1 is 1.50 bits per heavy atom. The van der Waals surface area contributed by atoms with Crippen LogP contribution in [0, 0.1) is 5.92 Å². The van der Waals surface area contributed by atoms with E-state index in [0.29, 0.717) is 6.42 Å². The Kier molecular flexibility index (Phi) is 2.82. The monoisotopic (exact) mass is 191 g/mol. The molecular weight excluding hydrogens is 174 g/mol. The van der Waals surface area contributed by atoms with Gasteiger partial charge in [-0.05, 0) is 36.8 Å². The van der Waals surface area contributed by atoms with Crippen LogP contribution in [-0.2, 0) is 19.3 Å². The van der Waals surface area contributed by atoms with Gasteiger partial charge in [-0.3, -0.25) is 4.98 Å². The number of fused-ring (bicyclic) bond motifs is 1. The third-order valence-corrected chi connectivity index (χ3v) is 2.94. The zero-order valence-corrected chi connectivity index (χ0v) is 8.66. The average Bonchev–Trinajstić information content (AvgIpc) is 2.17. The molecule has 1 N–H and O–H groups in total. The van der Waals surface area contributed by atoms with Crippen molar-refractivity contribution in [1.29, 1.82) is 0 Å². The first-order valence-electron chi connectivity index (χ1n) is 5.38. The lowest BCUT2D eigenvalue weighted by Gasteiger charge is -2.20. The minimum absolute atomic E-state index is 0.196. The zero-order valence-electron chi connectivity index (χ0n) is 8.66. The molecule has 0 fully saturated rings. The minimum Gasteiger partial charge on any atom is -0.396 e. The smallest absolute Gasteiger partial charge is 0.0486 e. The van der Waals surface area contributed by atoms with Gasteiger partial charge in [0.2, 0.25) is 0 Å². The summed E-state index contributed by atoms with van der Waals surface area (Å²) in [4.78, 5) is 4.59. The summed E-state index contributed by atoms with van der Waals surface area (Å²) in [5.41, 5.74) is 3.69. The van der Waals surface area contributed by atoms with Gasteiger partial charge in [-0.1, -0.05) is 13.0 Å². The normalized spacial score (nSPS) is 20.6. The number of aliphatic hydroxyl groups is 1. The van der Waals surface area contributed by atoms with Gasteiger partial charge in [0, 0.05) is 24.4 Å². The fourth-order valence-electron chi connectivity index (χ4n) is 2.07. The van der Waals surface area contributed by atoms with Crippen LogP contribution in [-0.4, -0.2) is 16.7 Å². The molecule has 0 aromatic carbocycles. The van der Waals surface area contributed by atoms with Gasteiger partial charge < -0.3 is 5.11 Å². The maximum absolute atomic E-state index is 8.84. The lowest BCUT2D eigenvalue weighted by molar-refractivity contribution is 0.298. The summed E-state index contributed by atoms with van der Waals surface area (Å²) in [7, 11) is 0. The van der Waals surface area contributed by atoms with Crippen LogP contribution in [0.2, 0.25) is 0 Å².